The van der Waals surface area contributed by atoms with Crippen molar-refractivity contribution in [2.75, 3.05) is 13.1 Å². The Bertz CT molecular complexity index is 334. The van der Waals surface area contributed by atoms with Crippen LogP contribution < -0.4 is 10.1 Å². The van der Waals surface area contributed by atoms with Crippen molar-refractivity contribution in [2.24, 2.45) is 5.92 Å². The molecule has 0 aromatic carbocycles. The van der Waals surface area contributed by atoms with Crippen LogP contribution in [-0.4, -0.2) is 29.2 Å². The molecule has 5 heteroatoms. The SMILES string of the molecule is CC1CCNCC1Oc1ncncc1Cl. The molecule has 1 aromatic heterocycles. The lowest BCUT2D eigenvalue weighted by atomic mass is 9.97. The zero-order valence-electron chi connectivity index (χ0n) is 8.61. The van der Waals surface area contributed by atoms with Crippen LogP contribution in [0.15, 0.2) is 12.5 Å². The standard InChI is InChI=1S/C10H14ClN3O/c1-7-2-3-12-5-9(7)15-10-8(11)4-13-6-14-10/h4,6-7,9,12H,2-3,5H2,1H3. The van der Waals surface area contributed by atoms with E-state index in [0.717, 1.165) is 19.5 Å². The predicted molar refractivity (Wildman–Crippen MR) is 58.1 cm³/mol. The number of nitrogens with one attached hydrogen (secondary N) is 1. The van der Waals surface area contributed by atoms with Crippen LogP contribution in [0, 0.1) is 5.92 Å². The van der Waals surface area contributed by atoms with Gasteiger partial charge in [0.1, 0.15) is 17.5 Å². The van der Waals surface area contributed by atoms with Crippen LogP contribution in [0.1, 0.15) is 13.3 Å². The molecule has 2 atom stereocenters. The maximum atomic E-state index is 5.92. The largest absolute Gasteiger partial charge is 0.472 e. The van der Waals surface area contributed by atoms with E-state index in [1.165, 1.54) is 6.33 Å². The van der Waals surface area contributed by atoms with E-state index in [0.29, 0.717) is 16.8 Å². The first-order valence-corrected chi connectivity index (χ1v) is 5.48. The molecule has 2 unspecified atom stereocenters. The van der Waals surface area contributed by atoms with Gasteiger partial charge in [-0.15, -0.1) is 0 Å². The summed E-state index contributed by atoms with van der Waals surface area (Å²) in [5.74, 6) is 1.00. The topological polar surface area (TPSA) is 47.0 Å². The summed E-state index contributed by atoms with van der Waals surface area (Å²) in [7, 11) is 0. The van der Waals surface area contributed by atoms with Gasteiger partial charge in [-0.2, -0.15) is 0 Å². The van der Waals surface area contributed by atoms with Crippen LogP contribution in [0.5, 0.6) is 5.88 Å². The first kappa shape index (κ1) is 10.6. The molecule has 0 bridgehead atoms. The third-order valence-electron chi connectivity index (χ3n) is 2.65. The van der Waals surface area contributed by atoms with Crippen molar-refractivity contribution in [1.82, 2.24) is 15.3 Å². The van der Waals surface area contributed by atoms with E-state index in [-0.39, 0.29) is 6.10 Å². The van der Waals surface area contributed by atoms with E-state index in [2.05, 4.69) is 22.2 Å². The number of hydrogen-bond donors (Lipinski definition) is 1. The number of rotatable bonds is 2. The van der Waals surface area contributed by atoms with Gasteiger partial charge in [-0.3, -0.25) is 0 Å². The fourth-order valence-corrected chi connectivity index (χ4v) is 1.80. The molecule has 15 heavy (non-hydrogen) atoms. The fourth-order valence-electron chi connectivity index (χ4n) is 1.65. The molecule has 0 aliphatic carbocycles. The predicted octanol–water partition coefficient (Wildman–Crippen LogP) is 1.51. The molecule has 1 saturated heterocycles. The molecular weight excluding hydrogens is 214 g/mol. The van der Waals surface area contributed by atoms with Gasteiger partial charge in [0.25, 0.3) is 0 Å². The highest BCUT2D eigenvalue weighted by Crippen LogP contribution is 2.23. The molecule has 0 spiro atoms. The molecule has 2 heterocycles. The summed E-state index contributed by atoms with van der Waals surface area (Å²) in [5, 5.41) is 3.76. The second-order valence-corrected chi connectivity index (χ2v) is 4.21. The van der Waals surface area contributed by atoms with E-state index >= 15 is 0 Å². The van der Waals surface area contributed by atoms with Crippen molar-refractivity contribution >= 4 is 11.6 Å². The van der Waals surface area contributed by atoms with Crippen molar-refractivity contribution in [1.29, 1.82) is 0 Å². The number of piperidine rings is 1. The minimum absolute atomic E-state index is 0.145. The zero-order chi connectivity index (χ0) is 10.7. The van der Waals surface area contributed by atoms with Crippen molar-refractivity contribution in [3.05, 3.63) is 17.5 Å². The quantitative estimate of drug-likeness (QED) is 0.832. The zero-order valence-corrected chi connectivity index (χ0v) is 9.37. The van der Waals surface area contributed by atoms with Crippen LogP contribution in [0.2, 0.25) is 5.02 Å². The van der Waals surface area contributed by atoms with E-state index in [1.807, 2.05) is 0 Å². The number of ether oxygens (including phenoxy) is 1. The Kier molecular flexibility index (Phi) is 3.38. The van der Waals surface area contributed by atoms with Gasteiger partial charge in [-0.05, 0) is 18.9 Å². The van der Waals surface area contributed by atoms with Crippen LogP contribution >= 0.6 is 11.6 Å². The lowest BCUT2D eigenvalue weighted by Crippen LogP contribution is -2.43. The normalized spacial score (nSPS) is 26.3. The summed E-state index contributed by atoms with van der Waals surface area (Å²) in [6.45, 7) is 4.08. The number of halogens is 1. The van der Waals surface area contributed by atoms with Gasteiger partial charge < -0.3 is 10.1 Å². The maximum absolute atomic E-state index is 5.92. The average molecular weight is 228 g/mol. The summed E-state index contributed by atoms with van der Waals surface area (Å²) in [6, 6.07) is 0. The maximum Gasteiger partial charge on any atom is 0.236 e. The van der Waals surface area contributed by atoms with Gasteiger partial charge >= 0.3 is 0 Å². The first-order valence-electron chi connectivity index (χ1n) is 5.10. The number of nitrogens with zero attached hydrogens (tertiary/aromatic N) is 2. The minimum Gasteiger partial charge on any atom is -0.472 e. The van der Waals surface area contributed by atoms with Crippen LogP contribution in [0.3, 0.4) is 0 Å². The summed E-state index contributed by atoms with van der Waals surface area (Å²) in [5.41, 5.74) is 0. The Hall–Kier alpha value is -0.870. The monoisotopic (exact) mass is 227 g/mol. The fraction of sp³-hybridized carbons (Fsp3) is 0.600. The lowest BCUT2D eigenvalue weighted by molar-refractivity contribution is 0.109. The van der Waals surface area contributed by atoms with Gasteiger partial charge in [0.05, 0.1) is 6.20 Å². The summed E-state index contributed by atoms with van der Waals surface area (Å²) in [6.07, 6.45) is 4.26. The molecule has 1 aliphatic rings. The lowest BCUT2D eigenvalue weighted by Gasteiger charge is -2.29. The van der Waals surface area contributed by atoms with Gasteiger partial charge in [-0.25, -0.2) is 9.97 Å². The van der Waals surface area contributed by atoms with Gasteiger partial charge in [0.15, 0.2) is 0 Å². The van der Waals surface area contributed by atoms with Crippen molar-refractivity contribution < 1.29 is 4.74 Å². The Morgan fingerprint density at radius 1 is 1.60 bits per heavy atom. The van der Waals surface area contributed by atoms with Gasteiger partial charge in [0.2, 0.25) is 5.88 Å². The molecule has 2 rings (SSSR count). The summed E-state index contributed by atoms with van der Waals surface area (Å²) < 4.78 is 5.75. The van der Waals surface area contributed by atoms with Crippen molar-refractivity contribution in [3.63, 3.8) is 0 Å². The van der Waals surface area contributed by atoms with Crippen LogP contribution in [-0.2, 0) is 0 Å². The Balaban J connectivity index is 2.04. The van der Waals surface area contributed by atoms with Crippen molar-refractivity contribution in [3.8, 4) is 5.88 Å². The van der Waals surface area contributed by atoms with Crippen LogP contribution in [0.25, 0.3) is 0 Å². The van der Waals surface area contributed by atoms with E-state index in [1.54, 1.807) is 6.20 Å². The molecule has 0 amide bonds. The summed E-state index contributed by atoms with van der Waals surface area (Å²) in [4.78, 5) is 7.83. The van der Waals surface area contributed by atoms with Crippen molar-refractivity contribution in [2.45, 2.75) is 19.4 Å². The van der Waals surface area contributed by atoms with E-state index < -0.39 is 0 Å². The average Bonchev–Trinajstić information content (AvgIpc) is 2.24. The minimum atomic E-state index is 0.145. The third kappa shape index (κ3) is 2.58. The van der Waals surface area contributed by atoms with Gasteiger partial charge in [0, 0.05) is 6.54 Å². The molecule has 82 valence electrons. The highest BCUT2D eigenvalue weighted by atomic mass is 35.5. The van der Waals surface area contributed by atoms with Gasteiger partial charge in [-0.1, -0.05) is 18.5 Å². The molecule has 0 radical (unpaired) electrons. The Morgan fingerprint density at radius 2 is 2.47 bits per heavy atom. The molecule has 4 nitrogen and oxygen atoms in total. The molecule has 1 N–H and O–H groups in total. The van der Waals surface area contributed by atoms with Crippen LogP contribution in [0.4, 0.5) is 0 Å². The molecule has 1 aliphatic heterocycles. The molecule has 1 fully saturated rings. The summed E-state index contributed by atoms with van der Waals surface area (Å²) >= 11 is 5.92. The highest BCUT2D eigenvalue weighted by molar-refractivity contribution is 6.31. The highest BCUT2D eigenvalue weighted by Gasteiger charge is 2.23. The van der Waals surface area contributed by atoms with E-state index in [4.69, 9.17) is 16.3 Å². The molecule has 1 aromatic rings. The number of hydrogen-bond acceptors (Lipinski definition) is 4. The second-order valence-electron chi connectivity index (χ2n) is 3.80. The Labute approximate surface area is 94.0 Å². The number of aromatic nitrogens is 2. The third-order valence-corrected chi connectivity index (χ3v) is 2.91. The first-order chi connectivity index (χ1) is 7.27. The Morgan fingerprint density at radius 3 is 3.20 bits per heavy atom. The second kappa shape index (κ2) is 4.77. The molecule has 0 saturated carbocycles. The van der Waals surface area contributed by atoms with E-state index in [9.17, 15) is 0 Å². The molecular formula is C10H14ClN3O. The smallest absolute Gasteiger partial charge is 0.236 e.